The zero-order valence-electron chi connectivity index (χ0n) is 19.8. The van der Waals surface area contributed by atoms with Gasteiger partial charge in [-0.3, -0.25) is 9.59 Å². The maximum atomic E-state index is 13.5. The Morgan fingerprint density at radius 1 is 0.743 bits per heavy atom. The summed E-state index contributed by atoms with van der Waals surface area (Å²) >= 11 is 0. The number of amides is 2. The number of rotatable bonds is 8. The molecule has 5 fully saturated rings. The summed E-state index contributed by atoms with van der Waals surface area (Å²) in [4.78, 5) is 25.0. The monoisotopic (exact) mass is 508 g/mol. The van der Waals surface area contributed by atoms with E-state index in [-0.39, 0.29) is 51.2 Å². The first kappa shape index (κ1) is 26.6. The third kappa shape index (κ3) is 6.28. The van der Waals surface area contributed by atoms with Crippen molar-refractivity contribution in [1.29, 1.82) is 0 Å². The van der Waals surface area contributed by atoms with E-state index < -0.39 is 60.0 Å². The molecule has 2 bridgehead atoms. The highest BCUT2D eigenvalue weighted by atomic mass is 19.2. The molecule has 200 valence electrons. The van der Waals surface area contributed by atoms with Crippen molar-refractivity contribution in [2.75, 3.05) is 13.2 Å². The Morgan fingerprint density at radius 2 is 1.23 bits per heavy atom. The van der Waals surface area contributed by atoms with Crippen molar-refractivity contribution in [2.45, 2.75) is 125 Å². The molecule has 7 atom stereocenters. The number of carbonyl (C=O) groups is 2. The van der Waals surface area contributed by atoms with Crippen LogP contribution in [0.5, 0.6) is 0 Å². The van der Waals surface area contributed by atoms with Gasteiger partial charge in [-0.1, -0.05) is 0 Å². The van der Waals surface area contributed by atoms with Crippen LogP contribution in [0.25, 0.3) is 0 Å². The lowest BCUT2D eigenvalue weighted by molar-refractivity contribution is -0.142. The Bertz CT molecular complexity index is 766. The summed E-state index contributed by atoms with van der Waals surface area (Å²) in [6, 6.07) is 0. The zero-order valence-corrected chi connectivity index (χ0v) is 19.8. The van der Waals surface area contributed by atoms with Crippen LogP contribution >= 0.6 is 0 Å². The van der Waals surface area contributed by atoms with E-state index in [0.717, 1.165) is 0 Å². The Balaban J connectivity index is 1.20. The molecule has 0 heterocycles. The first-order valence-electron chi connectivity index (χ1n) is 12.7. The number of hydrogen-bond acceptors (Lipinski definition) is 5. The molecule has 2 amide bonds. The number of nitrogens with one attached hydrogen (secondary N) is 2. The molecular formula is C24H36F4N2O5. The summed E-state index contributed by atoms with van der Waals surface area (Å²) in [5.74, 6) is -0.779. The van der Waals surface area contributed by atoms with Gasteiger partial charge >= 0.3 is 0 Å². The normalized spacial score (nSPS) is 43.5. The molecule has 0 aromatic heterocycles. The van der Waals surface area contributed by atoms with Gasteiger partial charge in [0.05, 0.1) is 23.9 Å². The predicted octanol–water partition coefficient (Wildman–Crippen LogP) is 2.53. The molecule has 5 aliphatic carbocycles. The van der Waals surface area contributed by atoms with Crippen LogP contribution in [0.1, 0.15) is 70.6 Å². The summed E-state index contributed by atoms with van der Waals surface area (Å²) in [6.07, 6.45) is -4.90. The first-order chi connectivity index (χ1) is 16.6. The molecule has 0 spiro atoms. The minimum Gasteiger partial charge on any atom is -0.391 e. The Morgan fingerprint density at radius 3 is 1.69 bits per heavy atom. The van der Waals surface area contributed by atoms with E-state index in [2.05, 4.69) is 10.6 Å². The molecular weight excluding hydrogens is 472 g/mol. The van der Waals surface area contributed by atoms with E-state index in [1.807, 2.05) is 0 Å². The fourth-order valence-corrected chi connectivity index (χ4v) is 6.08. The Hall–Kier alpha value is -1.46. The molecule has 5 saturated carbocycles. The number of aliphatic hydroxyl groups is 1. The molecule has 0 aromatic rings. The lowest BCUT2D eigenvalue weighted by atomic mass is 9.60. The summed E-state index contributed by atoms with van der Waals surface area (Å²) in [5.41, 5.74) is -1.42. The molecule has 0 aromatic carbocycles. The van der Waals surface area contributed by atoms with Gasteiger partial charge in [0.1, 0.15) is 37.9 Å². The van der Waals surface area contributed by atoms with Crippen molar-refractivity contribution >= 4 is 11.8 Å². The van der Waals surface area contributed by atoms with E-state index in [1.54, 1.807) is 0 Å². The van der Waals surface area contributed by atoms with E-state index in [4.69, 9.17) is 9.47 Å². The largest absolute Gasteiger partial charge is 0.391 e. The third-order valence-corrected chi connectivity index (χ3v) is 8.30. The molecule has 5 aliphatic rings. The molecule has 6 unspecified atom stereocenters. The zero-order chi connectivity index (χ0) is 25.2. The van der Waals surface area contributed by atoms with E-state index in [1.165, 1.54) is 0 Å². The van der Waals surface area contributed by atoms with Crippen molar-refractivity contribution in [1.82, 2.24) is 10.6 Å². The van der Waals surface area contributed by atoms with E-state index in [9.17, 15) is 32.3 Å². The average molecular weight is 509 g/mol. The van der Waals surface area contributed by atoms with Crippen molar-refractivity contribution in [3.8, 4) is 0 Å². The minimum absolute atomic E-state index is 0.0598. The molecule has 0 aliphatic heterocycles. The third-order valence-electron chi connectivity index (χ3n) is 8.30. The maximum Gasteiger partial charge on any atom is 0.246 e. The highest BCUT2D eigenvalue weighted by molar-refractivity contribution is 5.79. The SMILES string of the molecule is O=C(COC1CCC(F)C(F)C1)NC12CCC(NC(=O)COC3CCC(F)C(F)C3)(CC1)[C@@H](O)C2. The smallest absolute Gasteiger partial charge is 0.246 e. The maximum absolute atomic E-state index is 13.5. The minimum atomic E-state index is -1.58. The number of halogens is 4. The van der Waals surface area contributed by atoms with Gasteiger partial charge < -0.3 is 25.2 Å². The van der Waals surface area contributed by atoms with Gasteiger partial charge in [0.15, 0.2) is 0 Å². The molecule has 0 radical (unpaired) electrons. The van der Waals surface area contributed by atoms with Crippen LogP contribution in [-0.2, 0) is 19.1 Å². The number of aliphatic hydroxyl groups excluding tert-OH is 1. The van der Waals surface area contributed by atoms with Gasteiger partial charge in [0, 0.05) is 18.4 Å². The van der Waals surface area contributed by atoms with Gasteiger partial charge in [-0.15, -0.1) is 0 Å². The van der Waals surface area contributed by atoms with Crippen molar-refractivity contribution in [3.05, 3.63) is 0 Å². The van der Waals surface area contributed by atoms with Crippen molar-refractivity contribution in [2.24, 2.45) is 0 Å². The Kier molecular flexibility index (Phi) is 8.27. The number of fused-ring (bicyclic) bond motifs is 3. The summed E-state index contributed by atoms with van der Waals surface area (Å²) in [5, 5.41) is 16.7. The molecule has 11 heteroatoms. The quantitative estimate of drug-likeness (QED) is 0.438. The van der Waals surface area contributed by atoms with Crippen LogP contribution in [0.15, 0.2) is 0 Å². The predicted molar refractivity (Wildman–Crippen MR) is 118 cm³/mol. The van der Waals surface area contributed by atoms with Crippen LogP contribution in [0.4, 0.5) is 17.6 Å². The van der Waals surface area contributed by atoms with Gasteiger partial charge in [-0.2, -0.15) is 0 Å². The van der Waals surface area contributed by atoms with E-state index >= 15 is 0 Å². The van der Waals surface area contributed by atoms with Crippen LogP contribution in [0, 0.1) is 0 Å². The highest BCUT2D eigenvalue weighted by Gasteiger charge is 2.55. The standard InChI is InChI=1S/C24H36F4N2O5/c25-16-3-1-14(9-18(16)27)34-12-21(32)29-23-5-7-24(8-6-23,20(31)11-23)30-22(33)13-35-15-2-4-17(26)19(28)10-15/h14-20,31H,1-13H2,(H,29,32)(H,30,33)/t14?,15?,16?,17?,18?,19?,20-,23?,24?/m0/s1. The number of ether oxygens (including phenoxy) is 2. The van der Waals surface area contributed by atoms with Crippen LogP contribution < -0.4 is 10.6 Å². The second kappa shape index (κ2) is 10.9. The van der Waals surface area contributed by atoms with Gasteiger partial charge in [-0.25, -0.2) is 17.6 Å². The fraction of sp³-hybridized carbons (Fsp3) is 0.917. The van der Waals surface area contributed by atoms with Crippen LogP contribution in [0.3, 0.4) is 0 Å². The molecule has 0 saturated heterocycles. The molecule has 35 heavy (non-hydrogen) atoms. The van der Waals surface area contributed by atoms with Crippen molar-refractivity contribution in [3.63, 3.8) is 0 Å². The summed E-state index contributed by atoms with van der Waals surface area (Å²) in [7, 11) is 0. The lowest BCUT2D eigenvalue weighted by Crippen LogP contribution is -2.70. The van der Waals surface area contributed by atoms with Crippen LogP contribution in [-0.4, -0.2) is 84.2 Å². The van der Waals surface area contributed by atoms with Gasteiger partial charge in [0.25, 0.3) is 0 Å². The topological polar surface area (TPSA) is 96.9 Å². The lowest BCUT2D eigenvalue weighted by Gasteiger charge is -2.56. The number of carbonyl (C=O) groups excluding carboxylic acids is 2. The summed E-state index contributed by atoms with van der Waals surface area (Å²) < 4.78 is 64.6. The molecule has 3 N–H and O–H groups in total. The molecule has 7 nitrogen and oxygen atoms in total. The number of hydrogen-bond donors (Lipinski definition) is 3. The van der Waals surface area contributed by atoms with Gasteiger partial charge in [-0.05, 0) is 57.8 Å². The van der Waals surface area contributed by atoms with Gasteiger partial charge in [0.2, 0.25) is 11.8 Å². The average Bonchev–Trinajstić information content (AvgIpc) is 2.82. The second-order valence-corrected chi connectivity index (χ2v) is 10.8. The van der Waals surface area contributed by atoms with Crippen molar-refractivity contribution < 1.29 is 41.7 Å². The summed E-state index contributed by atoms with van der Waals surface area (Å²) in [6.45, 7) is -0.540. The molecule has 5 rings (SSSR count). The van der Waals surface area contributed by atoms with E-state index in [0.29, 0.717) is 38.5 Å². The Labute approximate surface area is 202 Å². The fourth-order valence-electron chi connectivity index (χ4n) is 6.08. The second-order valence-electron chi connectivity index (χ2n) is 10.8. The van der Waals surface area contributed by atoms with Crippen LogP contribution in [0.2, 0.25) is 0 Å². The highest BCUT2D eigenvalue weighted by Crippen LogP contribution is 2.47. The first-order valence-corrected chi connectivity index (χ1v) is 12.7. The number of alkyl halides is 4.